The Kier molecular flexibility index (Phi) is 3.93. The molecule has 0 aromatic heterocycles. The van der Waals surface area contributed by atoms with Crippen molar-refractivity contribution in [2.45, 2.75) is 51.7 Å². The fourth-order valence-electron chi connectivity index (χ4n) is 2.17. The van der Waals surface area contributed by atoms with E-state index >= 15 is 0 Å². The van der Waals surface area contributed by atoms with Gasteiger partial charge in [-0.2, -0.15) is 0 Å². The number of rotatable bonds is 3. The molecule has 3 heteroatoms. The molecule has 2 N–H and O–H groups in total. The molecule has 1 rings (SSSR count). The Labute approximate surface area is 87.5 Å². The van der Waals surface area contributed by atoms with Crippen LogP contribution in [0.1, 0.15) is 34.1 Å². The van der Waals surface area contributed by atoms with Crippen molar-refractivity contribution in [1.82, 2.24) is 10.2 Å². The summed E-state index contributed by atoms with van der Waals surface area (Å²) in [6, 6.07) is 1.06. The van der Waals surface area contributed by atoms with Gasteiger partial charge < -0.3 is 10.4 Å². The van der Waals surface area contributed by atoms with Crippen LogP contribution < -0.4 is 5.32 Å². The zero-order valence-electron chi connectivity index (χ0n) is 9.88. The second-order valence-corrected chi connectivity index (χ2v) is 5.20. The van der Waals surface area contributed by atoms with Crippen LogP contribution in [0.4, 0.5) is 0 Å². The summed E-state index contributed by atoms with van der Waals surface area (Å²) in [6.07, 6.45) is 0.876. The highest BCUT2D eigenvalue weighted by atomic mass is 16.3. The first-order valence-corrected chi connectivity index (χ1v) is 5.58. The van der Waals surface area contributed by atoms with Gasteiger partial charge in [-0.3, -0.25) is 4.90 Å². The summed E-state index contributed by atoms with van der Waals surface area (Å²) >= 11 is 0. The maximum absolute atomic E-state index is 8.99. The van der Waals surface area contributed by atoms with Crippen molar-refractivity contribution < 1.29 is 5.11 Å². The van der Waals surface area contributed by atoms with Crippen molar-refractivity contribution in [2.75, 3.05) is 19.7 Å². The average molecular weight is 200 g/mol. The van der Waals surface area contributed by atoms with E-state index in [1.54, 1.807) is 0 Å². The minimum absolute atomic E-state index is 0.205. The highest BCUT2D eigenvalue weighted by molar-refractivity contribution is 4.93. The molecule has 0 aromatic carbocycles. The molecular formula is C11H24N2O. The van der Waals surface area contributed by atoms with Crippen LogP contribution in [0.3, 0.4) is 0 Å². The van der Waals surface area contributed by atoms with Gasteiger partial charge in [-0.05, 0) is 34.1 Å². The molecule has 0 radical (unpaired) electrons. The topological polar surface area (TPSA) is 35.5 Å². The van der Waals surface area contributed by atoms with Crippen molar-refractivity contribution in [2.24, 2.45) is 0 Å². The maximum Gasteiger partial charge on any atom is 0.0446 e. The summed E-state index contributed by atoms with van der Waals surface area (Å²) in [6.45, 7) is 11.3. The summed E-state index contributed by atoms with van der Waals surface area (Å²) in [5.41, 5.74) is 0.205. The van der Waals surface area contributed by atoms with Gasteiger partial charge in [0.15, 0.2) is 0 Å². The van der Waals surface area contributed by atoms with Crippen LogP contribution in [0.25, 0.3) is 0 Å². The fraction of sp³-hybridized carbons (Fsp3) is 1.00. The van der Waals surface area contributed by atoms with Gasteiger partial charge >= 0.3 is 0 Å². The maximum atomic E-state index is 8.99. The normalized spacial score (nSPS) is 28.3. The number of aliphatic hydroxyl groups excluding tert-OH is 1. The molecule has 1 unspecified atom stereocenters. The zero-order valence-corrected chi connectivity index (χ0v) is 9.88. The minimum Gasteiger partial charge on any atom is -0.396 e. The SMILES string of the molecule is CC(C)N1CC(C)(C)NCC1CCO. The fourth-order valence-corrected chi connectivity index (χ4v) is 2.17. The van der Waals surface area contributed by atoms with Gasteiger partial charge in [0.2, 0.25) is 0 Å². The third-order valence-corrected chi connectivity index (χ3v) is 2.99. The van der Waals surface area contributed by atoms with Gasteiger partial charge in [-0.15, -0.1) is 0 Å². The van der Waals surface area contributed by atoms with Gasteiger partial charge in [0.05, 0.1) is 0 Å². The first-order chi connectivity index (χ1) is 6.46. The van der Waals surface area contributed by atoms with Crippen molar-refractivity contribution in [3.05, 3.63) is 0 Å². The molecule has 1 heterocycles. The molecule has 0 bridgehead atoms. The predicted molar refractivity (Wildman–Crippen MR) is 59.4 cm³/mol. The number of piperazine rings is 1. The number of aliphatic hydroxyl groups is 1. The van der Waals surface area contributed by atoms with E-state index in [-0.39, 0.29) is 12.1 Å². The molecule has 3 nitrogen and oxygen atoms in total. The molecular weight excluding hydrogens is 176 g/mol. The van der Waals surface area contributed by atoms with Crippen LogP contribution in [0.15, 0.2) is 0 Å². The van der Waals surface area contributed by atoms with Crippen molar-refractivity contribution in [3.63, 3.8) is 0 Å². The van der Waals surface area contributed by atoms with Gasteiger partial charge in [-0.1, -0.05) is 0 Å². The van der Waals surface area contributed by atoms with Crippen molar-refractivity contribution in [3.8, 4) is 0 Å². The van der Waals surface area contributed by atoms with Crippen LogP contribution >= 0.6 is 0 Å². The third-order valence-electron chi connectivity index (χ3n) is 2.99. The molecule has 1 atom stereocenters. The van der Waals surface area contributed by atoms with Crippen molar-refractivity contribution in [1.29, 1.82) is 0 Å². The minimum atomic E-state index is 0.205. The molecule has 84 valence electrons. The smallest absolute Gasteiger partial charge is 0.0446 e. The van der Waals surface area contributed by atoms with Crippen LogP contribution in [-0.4, -0.2) is 47.3 Å². The van der Waals surface area contributed by atoms with E-state index in [9.17, 15) is 0 Å². The predicted octanol–water partition coefficient (Wildman–Crippen LogP) is 0.830. The quantitative estimate of drug-likeness (QED) is 0.708. The van der Waals surface area contributed by atoms with E-state index in [1.165, 1.54) is 0 Å². The number of hydrogen-bond donors (Lipinski definition) is 2. The summed E-state index contributed by atoms with van der Waals surface area (Å²) in [5, 5.41) is 12.5. The van der Waals surface area contributed by atoms with Crippen LogP contribution in [0.2, 0.25) is 0 Å². The molecule has 0 aliphatic carbocycles. The third kappa shape index (κ3) is 2.94. The second kappa shape index (κ2) is 4.60. The van der Waals surface area contributed by atoms with Gasteiger partial charge in [0, 0.05) is 37.3 Å². The van der Waals surface area contributed by atoms with E-state index in [4.69, 9.17) is 5.11 Å². The Hall–Kier alpha value is -0.120. The zero-order chi connectivity index (χ0) is 10.8. The molecule has 1 aliphatic rings. The first-order valence-electron chi connectivity index (χ1n) is 5.58. The number of nitrogens with zero attached hydrogens (tertiary/aromatic N) is 1. The van der Waals surface area contributed by atoms with E-state index in [2.05, 4.69) is 37.9 Å². The molecule has 1 aliphatic heterocycles. The molecule has 0 saturated carbocycles. The second-order valence-electron chi connectivity index (χ2n) is 5.20. The Bertz CT molecular complexity index is 180. The molecule has 0 spiro atoms. The highest BCUT2D eigenvalue weighted by Crippen LogP contribution is 2.19. The Morgan fingerprint density at radius 2 is 2.14 bits per heavy atom. The van der Waals surface area contributed by atoms with Gasteiger partial charge in [0.25, 0.3) is 0 Å². The van der Waals surface area contributed by atoms with Gasteiger partial charge in [-0.25, -0.2) is 0 Å². The Morgan fingerprint density at radius 3 is 2.64 bits per heavy atom. The first kappa shape index (κ1) is 12.0. The Morgan fingerprint density at radius 1 is 1.50 bits per heavy atom. The van der Waals surface area contributed by atoms with E-state index in [1.807, 2.05) is 0 Å². The van der Waals surface area contributed by atoms with Gasteiger partial charge in [0.1, 0.15) is 0 Å². The lowest BCUT2D eigenvalue weighted by Gasteiger charge is -2.46. The van der Waals surface area contributed by atoms with E-state index in [0.717, 1.165) is 19.5 Å². The van der Waals surface area contributed by atoms with Crippen LogP contribution in [0.5, 0.6) is 0 Å². The largest absolute Gasteiger partial charge is 0.396 e. The number of nitrogens with one attached hydrogen (secondary N) is 1. The van der Waals surface area contributed by atoms with E-state index < -0.39 is 0 Å². The lowest BCUT2D eigenvalue weighted by molar-refractivity contribution is 0.0529. The Balaban J connectivity index is 2.61. The lowest BCUT2D eigenvalue weighted by atomic mass is 9.96. The summed E-state index contributed by atoms with van der Waals surface area (Å²) in [5.74, 6) is 0. The molecule has 0 amide bonds. The number of hydrogen-bond acceptors (Lipinski definition) is 3. The summed E-state index contributed by atoms with van der Waals surface area (Å²) in [4.78, 5) is 2.49. The van der Waals surface area contributed by atoms with E-state index in [0.29, 0.717) is 12.1 Å². The highest BCUT2D eigenvalue weighted by Gasteiger charge is 2.33. The average Bonchev–Trinajstić information content (AvgIpc) is 2.08. The molecule has 14 heavy (non-hydrogen) atoms. The van der Waals surface area contributed by atoms with Crippen LogP contribution in [-0.2, 0) is 0 Å². The monoisotopic (exact) mass is 200 g/mol. The molecule has 1 fully saturated rings. The standard InChI is InChI=1S/C11H24N2O/c1-9(2)13-8-11(3,4)12-7-10(13)5-6-14/h9-10,12,14H,5-8H2,1-4H3. The summed E-state index contributed by atoms with van der Waals surface area (Å²) < 4.78 is 0. The summed E-state index contributed by atoms with van der Waals surface area (Å²) in [7, 11) is 0. The lowest BCUT2D eigenvalue weighted by Crippen LogP contribution is -2.63. The van der Waals surface area contributed by atoms with Crippen LogP contribution in [0, 0.1) is 0 Å². The molecule has 0 aromatic rings. The molecule has 1 saturated heterocycles. The van der Waals surface area contributed by atoms with Crippen molar-refractivity contribution >= 4 is 0 Å².